The van der Waals surface area contributed by atoms with E-state index in [9.17, 15) is 9.90 Å². The molecule has 1 aromatic rings. The Hall–Kier alpha value is -1.47. The normalized spacial score (nSPS) is 21.6. The van der Waals surface area contributed by atoms with Gasteiger partial charge in [0, 0.05) is 25.9 Å². The van der Waals surface area contributed by atoms with Crippen LogP contribution in [-0.4, -0.2) is 62.8 Å². The van der Waals surface area contributed by atoms with Gasteiger partial charge in [0.05, 0.1) is 18.7 Å². The summed E-state index contributed by atoms with van der Waals surface area (Å²) >= 11 is 0. The van der Waals surface area contributed by atoms with Crippen LogP contribution in [0, 0.1) is 12.8 Å². The molecule has 1 unspecified atom stereocenters. The fourth-order valence-corrected chi connectivity index (χ4v) is 3.24. The van der Waals surface area contributed by atoms with E-state index in [0.29, 0.717) is 31.4 Å². The molecular weight excluding hydrogens is 296 g/mol. The van der Waals surface area contributed by atoms with Crippen molar-refractivity contribution < 1.29 is 14.3 Å². The number of aliphatic hydroxyl groups excluding tert-OH is 1. The standard InChI is InChI=1S/C16H28N4O3/c1-5-12(6-2)16(22)20-8-13(14(21)9-20)19(7-3)10-15-18-17-11(4)23-15/h12-14,21H,5-10H2,1-4H3/t13?,14-/m1/s1. The first-order valence-corrected chi connectivity index (χ1v) is 8.49. The molecule has 2 atom stereocenters. The van der Waals surface area contributed by atoms with Gasteiger partial charge in [-0.25, -0.2) is 0 Å². The molecule has 130 valence electrons. The second-order valence-electron chi connectivity index (χ2n) is 6.17. The van der Waals surface area contributed by atoms with Crippen molar-refractivity contribution in [2.45, 2.75) is 59.2 Å². The molecule has 0 radical (unpaired) electrons. The fourth-order valence-electron chi connectivity index (χ4n) is 3.24. The first kappa shape index (κ1) is 17.9. The van der Waals surface area contributed by atoms with E-state index < -0.39 is 6.10 Å². The minimum atomic E-state index is -0.544. The smallest absolute Gasteiger partial charge is 0.230 e. The van der Waals surface area contributed by atoms with E-state index >= 15 is 0 Å². The van der Waals surface area contributed by atoms with Crippen LogP contribution in [0.3, 0.4) is 0 Å². The van der Waals surface area contributed by atoms with Crippen LogP contribution in [0.4, 0.5) is 0 Å². The first-order chi connectivity index (χ1) is 11.0. The molecule has 1 aliphatic heterocycles. The molecule has 23 heavy (non-hydrogen) atoms. The van der Waals surface area contributed by atoms with Crippen molar-refractivity contribution in [3.8, 4) is 0 Å². The number of aliphatic hydroxyl groups is 1. The van der Waals surface area contributed by atoms with Gasteiger partial charge in [-0.3, -0.25) is 9.69 Å². The van der Waals surface area contributed by atoms with Gasteiger partial charge in [0.2, 0.25) is 17.7 Å². The minimum absolute atomic E-state index is 0.0506. The zero-order chi connectivity index (χ0) is 17.0. The molecule has 1 aliphatic rings. The Morgan fingerprint density at radius 1 is 1.35 bits per heavy atom. The summed E-state index contributed by atoms with van der Waals surface area (Å²) in [4.78, 5) is 16.4. The SMILES string of the molecule is CCC(CC)C(=O)N1CC(N(CC)Cc2nnc(C)o2)[C@H](O)C1. The van der Waals surface area contributed by atoms with E-state index in [2.05, 4.69) is 15.1 Å². The van der Waals surface area contributed by atoms with Crippen LogP contribution in [0.15, 0.2) is 4.42 Å². The summed E-state index contributed by atoms with van der Waals surface area (Å²) in [5.74, 6) is 1.28. The lowest BCUT2D eigenvalue weighted by atomic mass is 10.0. The Morgan fingerprint density at radius 2 is 2.04 bits per heavy atom. The highest BCUT2D eigenvalue weighted by Crippen LogP contribution is 2.22. The molecule has 0 bridgehead atoms. The van der Waals surface area contributed by atoms with Gasteiger partial charge in [0.1, 0.15) is 0 Å². The van der Waals surface area contributed by atoms with Crippen LogP contribution >= 0.6 is 0 Å². The minimum Gasteiger partial charge on any atom is -0.424 e. The van der Waals surface area contributed by atoms with E-state index in [4.69, 9.17) is 4.42 Å². The van der Waals surface area contributed by atoms with Gasteiger partial charge in [0.15, 0.2) is 0 Å². The third-order valence-electron chi connectivity index (χ3n) is 4.69. The van der Waals surface area contributed by atoms with Crippen LogP contribution < -0.4 is 0 Å². The average molecular weight is 324 g/mol. The van der Waals surface area contributed by atoms with Gasteiger partial charge in [-0.1, -0.05) is 20.8 Å². The number of carbonyl (C=O) groups is 1. The second-order valence-corrected chi connectivity index (χ2v) is 6.17. The largest absolute Gasteiger partial charge is 0.424 e. The van der Waals surface area contributed by atoms with Crippen molar-refractivity contribution >= 4 is 5.91 Å². The Balaban J connectivity index is 2.02. The van der Waals surface area contributed by atoms with Crippen molar-refractivity contribution in [1.82, 2.24) is 20.0 Å². The van der Waals surface area contributed by atoms with Crippen LogP contribution in [-0.2, 0) is 11.3 Å². The fraction of sp³-hybridized carbons (Fsp3) is 0.812. The molecule has 1 amide bonds. The molecule has 7 heteroatoms. The van der Waals surface area contributed by atoms with Gasteiger partial charge < -0.3 is 14.4 Å². The highest BCUT2D eigenvalue weighted by Gasteiger charge is 2.38. The van der Waals surface area contributed by atoms with Crippen molar-refractivity contribution in [3.63, 3.8) is 0 Å². The lowest BCUT2D eigenvalue weighted by Crippen LogP contribution is -2.43. The highest BCUT2D eigenvalue weighted by molar-refractivity contribution is 5.79. The highest BCUT2D eigenvalue weighted by atomic mass is 16.4. The topological polar surface area (TPSA) is 82.7 Å². The molecule has 2 rings (SSSR count). The lowest BCUT2D eigenvalue weighted by Gasteiger charge is -2.28. The predicted molar refractivity (Wildman–Crippen MR) is 85.6 cm³/mol. The molecule has 1 saturated heterocycles. The number of likely N-dealkylation sites (tertiary alicyclic amines) is 1. The van der Waals surface area contributed by atoms with Crippen LogP contribution in [0.2, 0.25) is 0 Å². The summed E-state index contributed by atoms with van der Waals surface area (Å²) in [6, 6.07) is -0.0921. The maximum absolute atomic E-state index is 12.5. The zero-order valence-electron chi connectivity index (χ0n) is 14.5. The number of β-amino-alcohol motifs (C(OH)–C–C–N with tert-alkyl or cyclic N) is 1. The predicted octanol–water partition coefficient (Wildman–Crippen LogP) is 1.21. The number of carbonyl (C=O) groups excluding carboxylic acids is 1. The van der Waals surface area contributed by atoms with Crippen molar-refractivity contribution in [2.24, 2.45) is 5.92 Å². The summed E-state index contributed by atoms with van der Waals surface area (Å²) in [6.45, 7) is 10.0. The number of hydrogen-bond acceptors (Lipinski definition) is 6. The molecule has 0 aliphatic carbocycles. The quantitative estimate of drug-likeness (QED) is 0.812. The number of aromatic nitrogens is 2. The molecule has 1 fully saturated rings. The number of nitrogens with zero attached hydrogens (tertiary/aromatic N) is 4. The summed E-state index contributed by atoms with van der Waals surface area (Å²) in [6.07, 6.45) is 1.13. The molecule has 0 aromatic carbocycles. The molecule has 0 spiro atoms. The number of likely N-dealkylation sites (N-methyl/N-ethyl adjacent to an activating group) is 1. The number of amides is 1. The average Bonchev–Trinajstić information content (AvgIpc) is 3.12. The number of rotatable bonds is 7. The molecule has 1 aromatic heterocycles. The first-order valence-electron chi connectivity index (χ1n) is 8.49. The van der Waals surface area contributed by atoms with Gasteiger partial charge in [-0.05, 0) is 19.4 Å². The van der Waals surface area contributed by atoms with E-state index in [0.717, 1.165) is 19.4 Å². The van der Waals surface area contributed by atoms with Crippen LogP contribution in [0.1, 0.15) is 45.4 Å². The van der Waals surface area contributed by atoms with Gasteiger partial charge in [0.25, 0.3) is 0 Å². The van der Waals surface area contributed by atoms with Gasteiger partial charge >= 0.3 is 0 Å². The monoisotopic (exact) mass is 324 g/mol. The van der Waals surface area contributed by atoms with Crippen molar-refractivity contribution in [1.29, 1.82) is 0 Å². The maximum Gasteiger partial charge on any atom is 0.230 e. The molecule has 2 heterocycles. The van der Waals surface area contributed by atoms with Gasteiger partial charge in [-0.2, -0.15) is 0 Å². The van der Waals surface area contributed by atoms with E-state index in [-0.39, 0.29) is 17.9 Å². The van der Waals surface area contributed by atoms with Gasteiger partial charge in [-0.15, -0.1) is 10.2 Å². The zero-order valence-corrected chi connectivity index (χ0v) is 14.5. The maximum atomic E-state index is 12.5. The summed E-state index contributed by atoms with van der Waals surface area (Å²) in [5.41, 5.74) is 0. The Bertz CT molecular complexity index is 515. The summed E-state index contributed by atoms with van der Waals surface area (Å²) < 4.78 is 5.43. The third kappa shape index (κ3) is 4.09. The number of hydrogen-bond donors (Lipinski definition) is 1. The molecule has 0 saturated carbocycles. The second kappa shape index (κ2) is 7.88. The van der Waals surface area contributed by atoms with Crippen molar-refractivity contribution in [2.75, 3.05) is 19.6 Å². The summed E-state index contributed by atoms with van der Waals surface area (Å²) in [7, 11) is 0. The van der Waals surface area contributed by atoms with Crippen LogP contribution in [0.25, 0.3) is 0 Å². The lowest BCUT2D eigenvalue weighted by molar-refractivity contribution is -0.135. The Labute approximate surface area is 137 Å². The van der Waals surface area contributed by atoms with E-state index in [1.807, 2.05) is 20.8 Å². The number of aryl methyl sites for hydroxylation is 1. The molecular formula is C16H28N4O3. The molecule has 7 nitrogen and oxygen atoms in total. The Morgan fingerprint density at radius 3 is 2.57 bits per heavy atom. The van der Waals surface area contributed by atoms with Crippen LogP contribution in [0.5, 0.6) is 0 Å². The van der Waals surface area contributed by atoms with Crippen molar-refractivity contribution in [3.05, 3.63) is 11.8 Å². The Kier molecular flexibility index (Phi) is 6.12. The van der Waals surface area contributed by atoms with E-state index in [1.165, 1.54) is 0 Å². The summed E-state index contributed by atoms with van der Waals surface area (Å²) in [5, 5.41) is 18.3. The molecule has 1 N–H and O–H groups in total. The van der Waals surface area contributed by atoms with E-state index in [1.54, 1.807) is 11.8 Å². The third-order valence-corrected chi connectivity index (χ3v) is 4.69.